The predicted molar refractivity (Wildman–Crippen MR) is 88.0 cm³/mol. The van der Waals surface area contributed by atoms with Crippen LogP contribution in [0.4, 0.5) is 5.69 Å². The first-order chi connectivity index (χ1) is 10.1. The highest BCUT2D eigenvalue weighted by Gasteiger charge is 2.17. The Balaban J connectivity index is 1.73. The minimum atomic E-state index is -0.0333. The van der Waals surface area contributed by atoms with Crippen molar-refractivity contribution in [3.63, 3.8) is 0 Å². The molecule has 0 aromatic heterocycles. The van der Waals surface area contributed by atoms with Gasteiger partial charge in [0.05, 0.1) is 6.54 Å². The standard InChI is InChI=1S/C16H24ClN3O/c1-12-5-6-14(17)9-15(12)19-16(21)11-18-10-13(2)20-7-3-4-8-20/h5-6,9,13,18H,3-4,7-8,10-11H2,1-2H3,(H,19,21). The third kappa shape index (κ3) is 4.99. The maximum atomic E-state index is 11.9. The summed E-state index contributed by atoms with van der Waals surface area (Å²) in [6.07, 6.45) is 2.58. The Labute approximate surface area is 131 Å². The molecule has 0 aliphatic carbocycles. The summed E-state index contributed by atoms with van der Waals surface area (Å²) in [7, 11) is 0. The molecule has 0 saturated carbocycles. The molecule has 1 amide bonds. The van der Waals surface area contributed by atoms with Crippen molar-refractivity contribution >= 4 is 23.2 Å². The quantitative estimate of drug-likeness (QED) is 0.849. The lowest BCUT2D eigenvalue weighted by Crippen LogP contribution is -2.41. The van der Waals surface area contributed by atoms with Crippen LogP contribution < -0.4 is 10.6 Å². The van der Waals surface area contributed by atoms with Crippen molar-refractivity contribution in [1.29, 1.82) is 0 Å². The molecule has 1 aromatic rings. The summed E-state index contributed by atoms with van der Waals surface area (Å²) in [5.74, 6) is -0.0333. The second-order valence-corrected chi connectivity index (χ2v) is 6.17. The molecule has 2 rings (SSSR count). The second-order valence-electron chi connectivity index (χ2n) is 5.73. The van der Waals surface area contributed by atoms with Gasteiger partial charge < -0.3 is 10.6 Å². The monoisotopic (exact) mass is 309 g/mol. The van der Waals surface area contributed by atoms with Gasteiger partial charge in [-0.05, 0) is 57.5 Å². The highest BCUT2D eigenvalue weighted by Crippen LogP contribution is 2.19. The van der Waals surface area contributed by atoms with Crippen molar-refractivity contribution in [3.05, 3.63) is 28.8 Å². The molecule has 116 valence electrons. The van der Waals surface area contributed by atoms with Crippen LogP contribution in [0.3, 0.4) is 0 Å². The van der Waals surface area contributed by atoms with E-state index in [1.54, 1.807) is 6.07 Å². The van der Waals surface area contributed by atoms with E-state index in [0.29, 0.717) is 17.6 Å². The minimum Gasteiger partial charge on any atom is -0.325 e. The molecule has 1 atom stereocenters. The van der Waals surface area contributed by atoms with Crippen LogP contribution in [0.5, 0.6) is 0 Å². The molecule has 1 unspecified atom stereocenters. The normalized spacial score (nSPS) is 16.9. The van der Waals surface area contributed by atoms with E-state index in [-0.39, 0.29) is 5.91 Å². The Morgan fingerprint density at radius 2 is 2.10 bits per heavy atom. The number of likely N-dealkylation sites (tertiary alicyclic amines) is 1. The molecular formula is C16H24ClN3O. The van der Waals surface area contributed by atoms with Crippen LogP contribution in [0.1, 0.15) is 25.3 Å². The first-order valence-electron chi connectivity index (χ1n) is 7.57. The first-order valence-corrected chi connectivity index (χ1v) is 7.95. The van der Waals surface area contributed by atoms with Crippen LogP contribution in [0.25, 0.3) is 0 Å². The summed E-state index contributed by atoms with van der Waals surface area (Å²) in [6.45, 7) is 7.67. The fourth-order valence-corrected chi connectivity index (χ4v) is 2.80. The van der Waals surface area contributed by atoms with Crippen molar-refractivity contribution in [2.24, 2.45) is 0 Å². The van der Waals surface area contributed by atoms with Gasteiger partial charge in [0.15, 0.2) is 0 Å². The van der Waals surface area contributed by atoms with Crippen LogP contribution >= 0.6 is 11.6 Å². The maximum absolute atomic E-state index is 11.9. The summed E-state index contributed by atoms with van der Waals surface area (Å²) in [5, 5.41) is 6.76. The van der Waals surface area contributed by atoms with Gasteiger partial charge in [-0.15, -0.1) is 0 Å². The van der Waals surface area contributed by atoms with E-state index < -0.39 is 0 Å². The van der Waals surface area contributed by atoms with E-state index in [1.807, 2.05) is 19.1 Å². The largest absolute Gasteiger partial charge is 0.325 e. The fraction of sp³-hybridized carbons (Fsp3) is 0.562. The van der Waals surface area contributed by atoms with Gasteiger partial charge in [0.2, 0.25) is 5.91 Å². The molecular weight excluding hydrogens is 286 g/mol. The molecule has 1 fully saturated rings. The Kier molecular flexibility index (Phi) is 6.03. The number of amides is 1. The predicted octanol–water partition coefficient (Wildman–Crippen LogP) is 2.66. The van der Waals surface area contributed by atoms with Crippen molar-refractivity contribution in [2.75, 3.05) is 31.5 Å². The average molecular weight is 310 g/mol. The van der Waals surface area contributed by atoms with E-state index in [4.69, 9.17) is 11.6 Å². The van der Waals surface area contributed by atoms with Crippen LogP contribution in [-0.4, -0.2) is 43.0 Å². The zero-order valence-corrected chi connectivity index (χ0v) is 13.5. The van der Waals surface area contributed by atoms with E-state index >= 15 is 0 Å². The number of rotatable bonds is 6. The molecule has 0 spiro atoms. The molecule has 21 heavy (non-hydrogen) atoms. The smallest absolute Gasteiger partial charge is 0.238 e. The summed E-state index contributed by atoms with van der Waals surface area (Å²) >= 11 is 5.95. The molecule has 1 aliphatic rings. The van der Waals surface area contributed by atoms with Crippen molar-refractivity contribution in [2.45, 2.75) is 32.7 Å². The summed E-state index contributed by atoms with van der Waals surface area (Å²) in [5.41, 5.74) is 1.79. The number of hydrogen-bond acceptors (Lipinski definition) is 3. The lowest BCUT2D eigenvalue weighted by Gasteiger charge is -2.23. The van der Waals surface area contributed by atoms with Gasteiger partial charge >= 0.3 is 0 Å². The lowest BCUT2D eigenvalue weighted by molar-refractivity contribution is -0.115. The SMILES string of the molecule is Cc1ccc(Cl)cc1NC(=O)CNCC(C)N1CCCC1. The van der Waals surface area contributed by atoms with Crippen molar-refractivity contribution in [3.8, 4) is 0 Å². The Bertz CT molecular complexity index is 486. The number of nitrogens with one attached hydrogen (secondary N) is 2. The Morgan fingerprint density at radius 1 is 1.38 bits per heavy atom. The number of halogens is 1. The number of hydrogen-bond donors (Lipinski definition) is 2. The zero-order chi connectivity index (χ0) is 15.2. The molecule has 1 aromatic carbocycles. The van der Waals surface area contributed by atoms with Gasteiger partial charge in [-0.25, -0.2) is 0 Å². The molecule has 2 N–H and O–H groups in total. The second kappa shape index (κ2) is 7.78. The molecule has 1 heterocycles. The average Bonchev–Trinajstić information content (AvgIpc) is 2.97. The highest BCUT2D eigenvalue weighted by molar-refractivity contribution is 6.31. The number of carbonyl (C=O) groups excluding carboxylic acids is 1. The summed E-state index contributed by atoms with van der Waals surface area (Å²) in [6, 6.07) is 5.98. The van der Waals surface area contributed by atoms with Gasteiger partial charge in [0.1, 0.15) is 0 Å². The number of carbonyl (C=O) groups is 1. The van der Waals surface area contributed by atoms with Gasteiger partial charge in [-0.3, -0.25) is 9.69 Å². The molecule has 1 aliphatic heterocycles. The van der Waals surface area contributed by atoms with Crippen LogP contribution in [0.15, 0.2) is 18.2 Å². The van der Waals surface area contributed by atoms with E-state index in [1.165, 1.54) is 25.9 Å². The molecule has 0 bridgehead atoms. The fourth-order valence-electron chi connectivity index (χ4n) is 2.63. The lowest BCUT2D eigenvalue weighted by atomic mass is 10.2. The third-order valence-electron chi connectivity index (χ3n) is 3.96. The number of nitrogens with zero attached hydrogens (tertiary/aromatic N) is 1. The van der Waals surface area contributed by atoms with Crippen molar-refractivity contribution in [1.82, 2.24) is 10.2 Å². The zero-order valence-electron chi connectivity index (χ0n) is 12.8. The van der Waals surface area contributed by atoms with Gasteiger partial charge in [0, 0.05) is 23.3 Å². The third-order valence-corrected chi connectivity index (χ3v) is 4.20. The number of benzene rings is 1. The van der Waals surface area contributed by atoms with Gasteiger partial charge in [-0.1, -0.05) is 17.7 Å². The number of anilines is 1. The molecule has 5 heteroatoms. The molecule has 0 radical (unpaired) electrons. The summed E-state index contributed by atoms with van der Waals surface area (Å²) in [4.78, 5) is 14.4. The highest BCUT2D eigenvalue weighted by atomic mass is 35.5. The van der Waals surface area contributed by atoms with Gasteiger partial charge in [0.25, 0.3) is 0 Å². The Hall–Kier alpha value is -1.10. The van der Waals surface area contributed by atoms with Crippen LogP contribution in [0.2, 0.25) is 5.02 Å². The Morgan fingerprint density at radius 3 is 2.81 bits per heavy atom. The van der Waals surface area contributed by atoms with E-state index in [9.17, 15) is 4.79 Å². The summed E-state index contributed by atoms with van der Waals surface area (Å²) < 4.78 is 0. The maximum Gasteiger partial charge on any atom is 0.238 e. The molecule has 1 saturated heterocycles. The number of aryl methyl sites for hydroxylation is 1. The van der Waals surface area contributed by atoms with Crippen LogP contribution in [-0.2, 0) is 4.79 Å². The van der Waals surface area contributed by atoms with Crippen molar-refractivity contribution < 1.29 is 4.79 Å². The first kappa shape index (κ1) is 16.3. The topological polar surface area (TPSA) is 44.4 Å². The van der Waals surface area contributed by atoms with E-state index in [0.717, 1.165) is 17.8 Å². The minimum absolute atomic E-state index is 0.0333. The van der Waals surface area contributed by atoms with E-state index in [2.05, 4.69) is 22.5 Å². The molecule has 4 nitrogen and oxygen atoms in total. The van der Waals surface area contributed by atoms with Crippen LogP contribution in [0, 0.1) is 6.92 Å². The van der Waals surface area contributed by atoms with Gasteiger partial charge in [-0.2, -0.15) is 0 Å².